The van der Waals surface area contributed by atoms with Crippen LogP contribution in [0.25, 0.3) is 10.9 Å². The summed E-state index contributed by atoms with van der Waals surface area (Å²) >= 11 is 0. The van der Waals surface area contributed by atoms with Crippen LogP contribution in [0, 0.1) is 17.2 Å². The highest BCUT2D eigenvalue weighted by Gasteiger charge is 2.48. The Morgan fingerprint density at radius 3 is 2.77 bits per heavy atom. The summed E-state index contributed by atoms with van der Waals surface area (Å²) < 4.78 is 28.5. The van der Waals surface area contributed by atoms with Crippen LogP contribution in [0.1, 0.15) is 36.2 Å². The summed E-state index contributed by atoms with van der Waals surface area (Å²) in [6, 6.07) is 2.18. The van der Waals surface area contributed by atoms with E-state index in [4.69, 9.17) is 15.2 Å². The van der Waals surface area contributed by atoms with Crippen LogP contribution in [0.5, 0.6) is 5.75 Å². The van der Waals surface area contributed by atoms with Crippen LogP contribution < -0.4 is 20.9 Å². The first-order chi connectivity index (χ1) is 14.9. The minimum absolute atomic E-state index is 0.0318. The molecule has 4 heterocycles. The summed E-state index contributed by atoms with van der Waals surface area (Å²) in [5.41, 5.74) is 5.88. The zero-order valence-electron chi connectivity index (χ0n) is 17.4. The van der Waals surface area contributed by atoms with E-state index in [1.165, 1.54) is 16.7 Å². The molecule has 0 saturated carbocycles. The molecular weight excluding hydrogens is 405 g/mol. The second kappa shape index (κ2) is 7.20. The number of hydrogen-bond donors (Lipinski definition) is 2. The van der Waals surface area contributed by atoms with Gasteiger partial charge in [0.2, 0.25) is 0 Å². The lowest BCUT2D eigenvalue weighted by Gasteiger charge is -2.37. The third-order valence-electron chi connectivity index (χ3n) is 7.24. The predicted molar refractivity (Wildman–Crippen MR) is 113 cm³/mol. The zero-order valence-corrected chi connectivity index (χ0v) is 17.4. The molecule has 166 valence electrons. The number of benzene rings is 1. The van der Waals surface area contributed by atoms with Crippen LogP contribution in [-0.4, -0.2) is 55.1 Å². The lowest BCUT2D eigenvalue weighted by atomic mass is 9.72. The molecule has 1 aromatic heterocycles. The van der Waals surface area contributed by atoms with Gasteiger partial charge < -0.3 is 25.2 Å². The van der Waals surface area contributed by atoms with Gasteiger partial charge in [-0.3, -0.25) is 9.36 Å². The molecule has 2 saturated heterocycles. The van der Waals surface area contributed by atoms with Crippen molar-refractivity contribution in [3.63, 3.8) is 0 Å². The van der Waals surface area contributed by atoms with E-state index in [2.05, 4.69) is 0 Å². The number of nitrogens with two attached hydrogens (primary N) is 1. The van der Waals surface area contributed by atoms with Crippen molar-refractivity contribution < 1.29 is 23.8 Å². The normalized spacial score (nSPS) is 24.5. The van der Waals surface area contributed by atoms with Crippen LogP contribution in [0.3, 0.4) is 0 Å². The molecule has 0 amide bonds. The van der Waals surface area contributed by atoms with E-state index >= 15 is 4.39 Å². The van der Waals surface area contributed by atoms with Gasteiger partial charge in [-0.05, 0) is 49.8 Å². The number of ether oxygens (including phenoxy) is 2. The standard InChI is InChI=1S/C22H26FN3O5/c1-12-10-31-19-17-13(6-15(21(28)29)20(27)26(12)17)7-16(23)18(19)25-9-14(8-24)22(11-25)2-4-30-5-3-22/h6-7,12,14H,2-5,8-11,24H2,1H3,(H,28,29)/t12-,14?/m0/s1. The smallest absolute Gasteiger partial charge is 0.341 e. The van der Waals surface area contributed by atoms with Gasteiger partial charge in [0.25, 0.3) is 5.56 Å². The Hall–Kier alpha value is -2.65. The van der Waals surface area contributed by atoms with E-state index in [1.807, 2.05) is 4.90 Å². The summed E-state index contributed by atoms with van der Waals surface area (Å²) in [4.78, 5) is 26.5. The van der Waals surface area contributed by atoms with E-state index < -0.39 is 17.3 Å². The number of aromatic nitrogens is 1. The first kappa shape index (κ1) is 20.3. The molecule has 0 bridgehead atoms. The Morgan fingerprint density at radius 1 is 1.35 bits per heavy atom. The van der Waals surface area contributed by atoms with E-state index in [9.17, 15) is 14.7 Å². The summed E-state index contributed by atoms with van der Waals surface area (Å²) in [7, 11) is 0. The minimum Gasteiger partial charge on any atom is -0.487 e. The molecule has 5 rings (SSSR count). The molecule has 8 nitrogen and oxygen atoms in total. The Labute approximate surface area is 178 Å². The number of rotatable bonds is 3. The van der Waals surface area contributed by atoms with Crippen molar-refractivity contribution >= 4 is 22.6 Å². The molecule has 0 radical (unpaired) electrons. The number of carbonyl (C=O) groups is 1. The van der Waals surface area contributed by atoms with Gasteiger partial charge in [-0.25, -0.2) is 9.18 Å². The van der Waals surface area contributed by atoms with Crippen molar-refractivity contribution in [1.82, 2.24) is 4.57 Å². The summed E-state index contributed by atoms with van der Waals surface area (Å²) in [5.74, 6) is -1.30. The maximum absolute atomic E-state index is 15.5. The van der Waals surface area contributed by atoms with Gasteiger partial charge >= 0.3 is 5.97 Å². The maximum atomic E-state index is 15.5. The summed E-state index contributed by atoms with van der Waals surface area (Å²) in [6.45, 7) is 5.04. The van der Waals surface area contributed by atoms with Crippen molar-refractivity contribution in [2.75, 3.05) is 44.4 Å². The number of carboxylic acids is 1. The van der Waals surface area contributed by atoms with Crippen molar-refractivity contribution in [2.24, 2.45) is 17.1 Å². The first-order valence-corrected chi connectivity index (χ1v) is 10.7. The summed E-state index contributed by atoms with van der Waals surface area (Å²) in [6.07, 6.45) is 1.75. The lowest BCUT2D eigenvalue weighted by Crippen LogP contribution is -2.39. The SMILES string of the molecule is C[C@H]1COc2c(N3CC(CN)C4(CCOCC4)C3)c(F)cc3cc(C(=O)O)c(=O)n1c23. The largest absolute Gasteiger partial charge is 0.487 e. The molecule has 1 unspecified atom stereocenters. The van der Waals surface area contributed by atoms with Crippen molar-refractivity contribution in [1.29, 1.82) is 0 Å². The molecule has 2 aromatic rings. The van der Waals surface area contributed by atoms with Crippen LogP contribution in [0.15, 0.2) is 16.9 Å². The molecule has 1 aromatic carbocycles. The van der Waals surface area contributed by atoms with Gasteiger partial charge in [-0.15, -0.1) is 0 Å². The summed E-state index contributed by atoms with van der Waals surface area (Å²) in [5, 5.41) is 9.79. The lowest BCUT2D eigenvalue weighted by molar-refractivity contribution is 0.00489. The fraction of sp³-hybridized carbons (Fsp3) is 0.545. The third-order valence-corrected chi connectivity index (χ3v) is 7.24. The Kier molecular flexibility index (Phi) is 4.71. The molecule has 0 aliphatic carbocycles. The number of hydrogen-bond acceptors (Lipinski definition) is 6. The fourth-order valence-corrected chi connectivity index (χ4v) is 5.59. The Bertz CT molecular complexity index is 1120. The third kappa shape index (κ3) is 2.94. The number of carboxylic acid groups (broad SMARTS) is 1. The van der Waals surface area contributed by atoms with Gasteiger partial charge in [0.15, 0.2) is 11.6 Å². The highest BCUT2D eigenvalue weighted by Crippen LogP contribution is 2.49. The molecule has 31 heavy (non-hydrogen) atoms. The fourth-order valence-electron chi connectivity index (χ4n) is 5.59. The topological polar surface area (TPSA) is 107 Å². The quantitative estimate of drug-likeness (QED) is 0.765. The molecule has 9 heteroatoms. The van der Waals surface area contributed by atoms with Gasteiger partial charge in [-0.2, -0.15) is 0 Å². The van der Waals surface area contributed by atoms with Crippen LogP contribution in [0.2, 0.25) is 0 Å². The number of nitrogens with zero attached hydrogens (tertiary/aromatic N) is 2. The van der Waals surface area contributed by atoms with Crippen molar-refractivity contribution in [2.45, 2.75) is 25.8 Å². The van der Waals surface area contributed by atoms with Gasteiger partial charge in [0.1, 0.15) is 17.9 Å². The number of anilines is 1. The number of pyridine rings is 1. The molecule has 2 atom stereocenters. The predicted octanol–water partition coefficient (Wildman–Crippen LogP) is 1.98. The Balaban J connectivity index is 1.69. The van der Waals surface area contributed by atoms with Crippen LogP contribution in [0.4, 0.5) is 10.1 Å². The maximum Gasteiger partial charge on any atom is 0.341 e. The average molecular weight is 431 g/mol. The molecule has 3 N–H and O–H groups in total. The number of halogens is 1. The van der Waals surface area contributed by atoms with Gasteiger partial charge in [0, 0.05) is 31.7 Å². The van der Waals surface area contributed by atoms with Crippen LogP contribution in [-0.2, 0) is 4.74 Å². The molecule has 2 fully saturated rings. The second-order valence-electron chi connectivity index (χ2n) is 8.96. The molecule has 3 aliphatic rings. The number of aromatic carboxylic acids is 1. The second-order valence-corrected chi connectivity index (χ2v) is 8.96. The van der Waals surface area contributed by atoms with Crippen LogP contribution >= 0.6 is 0 Å². The molecular formula is C22H26FN3O5. The van der Waals surface area contributed by atoms with Crippen molar-refractivity contribution in [3.05, 3.63) is 33.9 Å². The van der Waals surface area contributed by atoms with E-state index in [0.29, 0.717) is 55.2 Å². The average Bonchev–Trinajstić information content (AvgIpc) is 3.08. The zero-order chi connectivity index (χ0) is 21.9. The van der Waals surface area contributed by atoms with E-state index in [1.54, 1.807) is 6.92 Å². The highest BCUT2D eigenvalue weighted by atomic mass is 19.1. The van der Waals surface area contributed by atoms with Gasteiger partial charge in [-0.1, -0.05) is 0 Å². The van der Waals surface area contributed by atoms with E-state index in [0.717, 1.165) is 12.8 Å². The monoisotopic (exact) mass is 431 g/mol. The first-order valence-electron chi connectivity index (χ1n) is 10.7. The van der Waals surface area contributed by atoms with Gasteiger partial charge in [0.05, 0.1) is 11.6 Å². The molecule has 3 aliphatic heterocycles. The molecule has 1 spiro atoms. The highest BCUT2D eigenvalue weighted by molar-refractivity contribution is 5.97. The Morgan fingerprint density at radius 2 is 2.10 bits per heavy atom. The minimum atomic E-state index is -1.33. The van der Waals surface area contributed by atoms with Crippen molar-refractivity contribution in [3.8, 4) is 5.75 Å². The van der Waals surface area contributed by atoms with E-state index in [-0.39, 0.29) is 29.5 Å².